The Labute approximate surface area is 120 Å². The van der Waals surface area contributed by atoms with Gasteiger partial charge in [-0.25, -0.2) is 0 Å². The van der Waals surface area contributed by atoms with E-state index in [9.17, 15) is 10.1 Å². The van der Waals surface area contributed by atoms with Crippen LogP contribution in [-0.2, 0) is 11.2 Å². The van der Waals surface area contributed by atoms with Crippen molar-refractivity contribution in [1.82, 2.24) is 4.90 Å². The summed E-state index contributed by atoms with van der Waals surface area (Å²) in [5.74, 6) is 0.159. The van der Waals surface area contributed by atoms with Gasteiger partial charge < -0.3 is 9.64 Å². The van der Waals surface area contributed by atoms with Crippen LogP contribution in [0.15, 0.2) is 24.3 Å². The molecule has 2 rings (SSSR count). The van der Waals surface area contributed by atoms with E-state index >= 15 is 0 Å². The molecular weight excluding hydrogens is 252 g/mol. The molecule has 4 nitrogen and oxygen atoms in total. The van der Waals surface area contributed by atoms with Crippen molar-refractivity contribution in [2.75, 3.05) is 19.7 Å². The summed E-state index contributed by atoms with van der Waals surface area (Å²) in [6.45, 7) is 4.12. The standard InChI is InChI=1S/C16H20N2O2/c1-2-20-15-7-5-6-13(11-15)10-14(12-17)16(19)18-8-3-4-9-18/h5-7,11,14H,2-4,8-10H2,1H3. The highest BCUT2D eigenvalue weighted by atomic mass is 16.5. The molecule has 106 valence electrons. The van der Waals surface area contributed by atoms with Gasteiger partial charge in [0, 0.05) is 13.1 Å². The lowest BCUT2D eigenvalue weighted by molar-refractivity contribution is -0.132. The first-order valence-corrected chi connectivity index (χ1v) is 7.14. The quantitative estimate of drug-likeness (QED) is 0.827. The Morgan fingerprint density at radius 2 is 2.20 bits per heavy atom. The molecule has 0 spiro atoms. The lowest BCUT2D eigenvalue weighted by atomic mass is 9.99. The van der Waals surface area contributed by atoms with E-state index in [-0.39, 0.29) is 5.91 Å². The first-order chi connectivity index (χ1) is 9.74. The van der Waals surface area contributed by atoms with Gasteiger partial charge in [-0.3, -0.25) is 4.79 Å². The number of rotatable bonds is 5. The van der Waals surface area contributed by atoms with Crippen LogP contribution in [0, 0.1) is 17.2 Å². The molecule has 0 aromatic heterocycles. The van der Waals surface area contributed by atoms with Gasteiger partial charge in [-0.1, -0.05) is 12.1 Å². The molecule has 1 saturated heterocycles. The molecule has 20 heavy (non-hydrogen) atoms. The summed E-state index contributed by atoms with van der Waals surface area (Å²) >= 11 is 0. The normalized spacial score (nSPS) is 15.7. The fourth-order valence-corrected chi connectivity index (χ4v) is 2.51. The summed E-state index contributed by atoms with van der Waals surface area (Å²) in [6.07, 6.45) is 2.54. The smallest absolute Gasteiger partial charge is 0.240 e. The number of hydrogen-bond acceptors (Lipinski definition) is 3. The van der Waals surface area contributed by atoms with Gasteiger partial charge in [-0.15, -0.1) is 0 Å². The van der Waals surface area contributed by atoms with Crippen LogP contribution in [0.5, 0.6) is 5.75 Å². The highest BCUT2D eigenvalue weighted by Crippen LogP contribution is 2.19. The summed E-state index contributed by atoms with van der Waals surface area (Å²) in [7, 11) is 0. The fourth-order valence-electron chi connectivity index (χ4n) is 2.51. The maximum atomic E-state index is 12.3. The van der Waals surface area contributed by atoms with Crippen LogP contribution in [0.2, 0.25) is 0 Å². The Hall–Kier alpha value is -2.02. The van der Waals surface area contributed by atoms with Crippen LogP contribution in [0.3, 0.4) is 0 Å². The van der Waals surface area contributed by atoms with Crippen LogP contribution in [0.25, 0.3) is 0 Å². The molecule has 1 fully saturated rings. The summed E-state index contributed by atoms with van der Waals surface area (Å²) in [5, 5.41) is 9.26. The van der Waals surface area contributed by atoms with Crippen molar-refractivity contribution >= 4 is 5.91 Å². The second-order valence-corrected chi connectivity index (χ2v) is 5.00. The monoisotopic (exact) mass is 272 g/mol. The zero-order valence-corrected chi connectivity index (χ0v) is 11.8. The second kappa shape index (κ2) is 6.95. The van der Waals surface area contributed by atoms with E-state index in [1.807, 2.05) is 31.2 Å². The van der Waals surface area contributed by atoms with E-state index in [2.05, 4.69) is 6.07 Å². The molecular formula is C16H20N2O2. The third kappa shape index (κ3) is 3.51. The maximum absolute atomic E-state index is 12.3. The molecule has 1 atom stereocenters. The van der Waals surface area contributed by atoms with Crippen molar-refractivity contribution in [1.29, 1.82) is 5.26 Å². The lowest BCUT2D eigenvalue weighted by Gasteiger charge is -2.18. The van der Waals surface area contributed by atoms with Gasteiger partial charge in [-0.05, 0) is 43.9 Å². The molecule has 1 aromatic rings. The molecule has 4 heteroatoms. The predicted octanol–water partition coefficient (Wildman–Crippen LogP) is 2.39. The number of carbonyl (C=O) groups excluding carboxylic acids is 1. The van der Waals surface area contributed by atoms with Crippen LogP contribution < -0.4 is 4.74 Å². The molecule has 0 bridgehead atoms. The number of amides is 1. The summed E-state index contributed by atoms with van der Waals surface area (Å²) in [5.41, 5.74) is 0.968. The van der Waals surface area contributed by atoms with Gasteiger partial charge >= 0.3 is 0 Å². The highest BCUT2D eigenvalue weighted by Gasteiger charge is 2.26. The zero-order valence-electron chi connectivity index (χ0n) is 11.8. The van der Waals surface area contributed by atoms with Gasteiger partial charge in [0.15, 0.2) is 0 Å². The minimum absolute atomic E-state index is 0.0354. The molecule has 1 aliphatic heterocycles. The Balaban J connectivity index is 2.04. The average molecular weight is 272 g/mol. The molecule has 0 saturated carbocycles. The number of carbonyl (C=O) groups is 1. The number of hydrogen-bond donors (Lipinski definition) is 0. The van der Waals surface area contributed by atoms with Crippen molar-refractivity contribution < 1.29 is 9.53 Å². The summed E-state index contributed by atoms with van der Waals surface area (Å²) in [4.78, 5) is 14.1. The van der Waals surface area contributed by atoms with E-state index < -0.39 is 5.92 Å². The van der Waals surface area contributed by atoms with Gasteiger partial charge in [-0.2, -0.15) is 5.26 Å². The van der Waals surface area contributed by atoms with Gasteiger partial charge in [0.25, 0.3) is 0 Å². The number of nitriles is 1. The van der Waals surface area contributed by atoms with E-state index in [0.717, 1.165) is 37.2 Å². The topological polar surface area (TPSA) is 53.3 Å². The SMILES string of the molecule is CCOc1cccc(CC(C#N)C(=O)N2CCCC2)c1. The molecule has 1 aromatic carbocycles. The van der Waals surface area contributed by atoms with Crippen LogP contribution in [0.4, 0.5) is 0 Å². The fraction of sp³-hybridized carbons (Fsp3) is 0.500. The van der Waals surface area contributed by atoms with E-state index in [1.165, 1.54) is 0 Å². The highest BCUT2D eigenvalue weighted by molar-refractivity contribution is 5.81. The molecule has 1 unspecified atom stereocenters. The number of ether oxygens (including phenoxy) is 1. The van der Waals surface area contributed by atoms with Crippen molar-refractivity contribution in [3.63, 3.8) is 0 Å². The largest absolute Gasteiger partial charge is 0.494 e. The number of nitrogens with zero attached hydrogens (tertiary/aromatic N) is 2. The summed E-state index contributed by atoms with van der Waals surface area (Å²) in [6, 6.07) is 9.77. The van der Waals surface area contributed by atoms with Gasteiger partial charge in [0.1, 0.15) is 11.7 Å². The van der Waals surface area contributed by atoms with E-state index in [1.54, 1.807) is 4.90 Å². The van der Waals surface area contributed by atoms with Crippen molar-refractivity contribution in [2.45, 2.75) is 26.2 Å². The molecule has 1 heterocycles. The van der Waals surface area contributed by atoms with Crippen LogP contribution in [0.1, 0.15) is 25.3 Å². The van der Waals surface area contributed by atoms with E-state index in [0.29, 0.717) is 13.0 Å². The van der Waals surface area contributed by atoms with Crippen LogP contribution in [-0.4, -0.2) is 30.5 Å². The molecule has 0 aliphatic carbocycles. The first kappa shape index (κ1) is 14.4. The Morgan fingerprint density at radius 1 is 1.45 bits per heavy atom. The van der Waals surface area contributed by atoms with Crippen molar-refractivity contribution in [3.8, 4) is 11.8 Å². The summed E-state index contributed by atoms with van der Waals surface area (Å²) < 4.78 is 5.44. The lowest BCUT2D eigenvalue weighted by Crippen LogP contribution is -2.34. The van der Waals surface area contributed by atoms with Gasteiger partial charge in [0.2, 0.25) is 5.91 Å². The third-order valence-electron chi connectivity index (χ3n) is 3.52. The Morgan fingerprint density at radius 3 is 2.85 bits per heavy atom. The first-order valence-electron chi connectivity index (χ1n) is 7.14. The zero-order chi connectivity index (χ0) is 14.4. The maximum Gasteiger partial charge on any atom is 0.240 e. The Bertz CT molecular complexity index is 501. The molecule has 0 N–H and O–H groups in total. The molecule has 1 aliphatic rings. The minimum Gasteiger partial charge on any atom is -0.494 e. The minimum atomic E-state index is -0.593. The van der Waals surface area contributed by atoms with Gasteiger partial charge in [0.05, 0.1) is 12.7 Å². The van der Waals surface area contributed by atoms with E-state index in [4.69, 9.17) is 4.74 Å². The van der Waals surface area contributed by atoms with Crippen molar-refractivity contribution in [2.24, 2.45) is 5.92 Å². The molecule has 0 radical (unpaired) electrons. The molecule has 1 amide bonds. The number of benzene rings is 1. The van der Waals surface area contributed by atoms with Crippen molar-refractivity contribution in [3.05, 3.63) is 29.8 Å². The Kier molecular flexibility index (Phi) is 5.00. The third-order valence-corrected chi connectivity index (χ3v) is 3.52. The average Bonchev–Trinajstić information content (AvgIpc) is 2.99. The number of likely N-dealkylation sites (tertiary alicyclic amines) is 1. The predicted molar refractivity (Wildman–Crippen MR) is 76.2 cm³/mol. The van der Waals surface area contributed by atoms with Crippen LogP contribution >= 0.6 is 0 Å². The second-order valence-electron chi connectivity index (χ2n) is 5.00.